The third kappa shape index (κ3) is 4.72. The number of carbonyl (C=O) groups excluding carboxylic acids is 1. The molecule has 1 heterocycles. The molecule has 1 unspecified atom stereocenters. The molecule has 0 saturated carbocycles. The number of methoxy groups -OCH3 is 1. The van der Waals surface area contributed by atoms with E-state index in [2.05, 4.69) is 9.73 Å². The third-order valence-corrected chi connectivity index (χ3v) is 2.34. The van der Waals surface area contributed by atoms with Crippen LogP contribution >= 0.6 is 0 Å². The van der Waals surface area contributed by atoms with Crippen molar-refractivity contribution in [3.8, 4) is 0 Å². The quantitative estimate of drug-likeness (QED) is 0.389. The average molecular weight is 229 g/mol. The fraction of sp³-hybridized carbons (Fsp3) is 0.818. The Hall–Kier alpha value is -0.940. The van der Waals surface area contributed by atoms with Crippen LogP contribution in [-0.4, -0.2) is 44.8 Å². The van der Waals surface area contributed by atoms with Crippen molar-refractivity contribution >= 4 is 12.2 Å². The monoisotopic (exact) mass is 229 g/mol. The van der Waals surface area contributed by atoms with Crippen LogP contribution in [-0.2, 0) is 19.0 Å². The summed E-state index contributed by atoms with van der Waals surface area (Å²) in [6.07, 6.45) is 4.35. The topological polar surface area (TPSA) is 57.1 Å². The highest BCUT2D eigenvalue weighted by atomic mass is 16.7. The van der Waals surface area contributed by atoms with Crippen molar-refractivity contribution in [3.05, 3.63) is 0 Å². The van der Waals surface area contributed by atoms with Crippen LogP contribution in [0, 0.1) is 0 Å². The van der Waals surface area contributed by atoms with Crippen LogP contribution in [0.25, 0.3) is 0 Å². The van der Waals surface area contributed by atoms with Crippen LogP contribution in [0.3, 0.4) is 0 Å². The lowest BCUT2D eigenvalue weighted by Gasteiger charge is -2.06. The van der Waals surface area contributed by atoms with Gasteiger partial charge in [-0.05, 0) is 32.4 Å². The Labute approximate surface area is 95.8 Å². The van der Waals surface area contributed by atoms with Gasteiger partial charge in [-0.1, -0.05) is 0 Å². The second kappa shape index (κ2) is 7.35. The number of aliphatic imine (C=N–C) groups is 1. The molecule has 16 heavy (non-hydrogen) atoms. The van der Waals surface area contributed by atoms with Crippen molar-refractivity contribution in [1.29, 1.82) is 0 Å². The predicted octanol–water partition coefficient (Wildman–Crippen LogP) is 1.16. The number of ether oxygens (including phenoxy) is 3. The van der Waals surface area contributed by atoms with Crippen molar-refractivity contribution in [2.45, 2.75) is 38.5 Å². The van der Waals surface area contributed by atoms with Gasteiger partial charge in [0.1, 0.15) is 6.04 Å². The van der Waals surface area contributed by atoms with Crippen molar-refractivity contribution in [3.63, 3.8) is 0 Å². The number of carbonyl (C=O) groups is 1. The van der Waals surface area contributed by atoms with Crippen molar-refractivity contribution < 1.29 is 19.0 Å². The van der Waals surface area contributed by atoms with Gasteiger partial charge in [0.2, 0.25) is 0 Å². The maximum atomic E-state index is 11.0. The summed E-state index contributed by atoms with van der Waals surface area (Å²) >= 11 is 0. The molecule has 1 aliphatic rings. The smallest absolute Gasteiger partial charge is 0.330 e. The first-order chi connectivity index (χ1) is 7.74. The molecule has 0 aliphatic carbocycles. The van der Waals surface area contributed by atoms with Gasteiger partial charge in [0.05, 0.1) is 20.3 Å². The molecule has 0 spiro atoms. The Morgan fingerprint density at radius 1 is 1.56 bits per heavy atom. The predicted molar refractivity (Wildman–Crippen MR) is 59.5 cm³/mol. The summed E-state index contributed by atoms with van der Waals surface area (Å²) in [6.45, 7) is 3.10. The number of hydrogen-bond donors (Lipinski definition) is 0. The second-order valence-electron chi connectivity index (χ2n) is 3.63. The summed E-state index contributed by atoms with van der Waals surface area (Å²) in [5.41, 5.74) is 0. The van der Waals surface area contributed by atoms with E-state index < -0.39 is 6.04 Å². The molecule has 5 heteroatoms. The molecule has 1 fully saturated rings. The zero-order chi connectivity index (χ0) is 11.8. The van der Waals surface area contributed by atoms with Crippen LogP contribution in [0.2, 0.25) is 0 Å². The summed E-state index contributed by atoms with van der Waals surface area (Å²) in [5.74, 6) is -0.307. The van der Waals surface area contributed by atoms with E-state index in [9.17, 15) is 4.79 Å². The minimum Gasteiger partial charge on any atom is -0.467 e. The molecular formula is C11H19NO4. The largest absolute Gasteiger partial charge is 0.467 e. The van der Waals surface area contributed by atoms with Gasteiger partial charge in [0, 0.05) is 0 Å². The lowest BCUT2D eigenvalue weighted by molar-refractivity contribution is -0.141. The fourth-order valence-corrected chi connectivity index (χ4v) is 1.41. The van der Waals surface area contributed by atoms with Crippen LogP contribution in [0.5, 0.6) is 0 Å². The summed E-state index contributed by atoms with van der Waals surface area (Å²) in [4.78, 5) is 15.1. The normalized spacial score (nSPS) is 19.1. The van der Waals surface area contributed by atoms with Gasteiger partial charge in [-0.15, -0.1) is 0 Å². The molecule has 0 amide bonds. The van der Waals surface area contributed by atoms with E-state index in [4.69, 9.17) is 9.47 Å². The zero-order valence-corrected chi connectivity index (χ0v) is 9.85. The lowest BCUT2D eigenvalue weighted by Crippen LogP contribution is -2.16. The second-order valence-corrected chi connectivity index (χ2v) is 3.63. The van der Waals surface area contributed by atoms with Gasteiger partial charge >= 0.3 is 5.97 Å². The molecule has 0 aromatic carbocycles. The van der Waals surface area contributed by atoms with Gasteiger partial charge in [-0.2, -0.15) is 0 Å². The summed E-state index contributed by atoms with van der Waals surface area (Å²) in [6, 6.07) is -0.413. The molecule has 1 rings (SSSR count). The van der Waals surface area contributed by atoms with Crippen LogP contribution < -0.4 is 0 Å². The Bertz CT molecular complexity index is 236. The lowest BCUT2D eigenvalue weighted by atomic mass is 10.2. The van der Waals surface area contributed by atoms with Crippen LogP contribution in [0.15, 0.2) is 4.99 Å². The molecule has 0 aromatic heterocycles. The first-order valence-corrected chi connectivity index (χ1v) is 5.56. The fourth-order valence-electron chi connectivity index (χ4n) is 1.41. The molecule has 0 radical (unpaired) electrons. The van der Waals surface area contributed by atoms with E-state index in [0.717, 1.165) is 19.3 Å². The molecule has 0 aromatic rings. The highest BCUT2D eigenvalue weighted by Gasteiger charge is 2.14. The molecule has 5 nitrogen and oxygen atoms in total. The number of rotatable bonds is 6. The van der Waals surface area contributed by atoms with Gasteiger partial charge in [0.15, 0.2) is 6.29 Å². The molecular weight excluding hydrogens is 210 g/mol. The van der Waals surface area contributed by atoms with Gasteiger partial charge in [0.25, 0.3) is 0 Å². The average Bonchev–Trinajstić information content (AvgIpc) is 2.80. The minimum absolute atomic E-state index is 0.0496. The SMILES string of the molecule is COC(=O)C(C)N=CCCCC1OCCO1. The molecule has 0 N–H and O–H groups in total. The Morgan fingerprint density at radius 3 is 2.88 bits per heavy atom. The Morgan fingerprint density at radius 2 is 2.25 bits per heavy atom. The Balaban J connectivity index is 2.05. The molecule has 1 atom stereocenters. The molecule has 92 valence electrons. The first kappa shape index (κ1) is 13.1. The minimum atomic E-state index is -0.413. The van der Waals surface area contributed by atoms with Gasteiger partial charge < -0.3 is 14.2 Å². The maximum absolute atomic E-state index is 11.0. The molecule has 0 bridgehead atoms. The standard InChI is InChI=1S/C11H19NO4/c1-9(11(13)14-2)12-6-4-3-5-10-15-7-8-16-10/h6,9-10H,3-5,7-8H2,1-2H3. The highest BCUT2D eigenvalue weighted by molar-refractivity contribution is 5.77. The first-order valence-electron chi connectivity index (χ1n) is 5.56. The zero-order valence-electron chi connectivity index (χ0n) is 9.85. The third-order valence-electron chi connectivity index (χ3n) is 2.34. The maximum Gasteiger partial charge on any atom is 0.330 e. The van der Waals surface area contributed by atoms with E-state index in [1.807, 2.05) is 0 Å². The summed E-state index contributed by atoms with van der Waals surface area (Å²) < 4.78 is 15.1. The van der Waals surface area contributed by atoms with E-state index >= 15 is 0 Å². The van der Waals surface area contributed by atoms with E-state index in [-0.39, 0.29) is 12.3 Å². The van der Waals surface area contributed by atoms with Crippen molar-refractivity contribution in [1.82, 2.24) is 0 Å². The molecule has 1 saturated heterocycles. The van der Waals surface area contributed by atoms with E-state index in [1.165, 1.54) is 7.11 Å². The number of esters is 1. The van der Waals surface area contributed by atoms with Gasteiger partial charge in [-0.25, -0.2) is 4.79 Å². The number of unbranched alkanes of at least 4 members (excludes halogenated alkanes) is 1. The number of nitrogens with zero attached hydrogens (tertiary/aromatic N) is 1. The Kier molecular flexibility index (Phi) is 6.03. The summed E-state index contributed by atoms with van der Waals surface area (Å²) in [5, 5.41) is 0. The van der Waals surface area contributed by atoms with E-state index in [0.29, 0.717) is 13.2 Å². The van der Waals surface area contributed by atoms with Crippen LogP contribution in [0.4, 0.5) is 0 Å². The number of hydrogen-bond acceptors (Lipinski definition) is 5. The molecule has 1 aliphatic heterocycles. The van der Waals surface area contributed by atoms with Crippen molar-refractivity contribution in [2.75, 3.05) is 20.3 Å². The summed E-state index contributed by atoms with van der Waals surface area (Å²) in [7, 11) is 1.36. The van der Waals surface area contributed by atoms with Crippen molar-refractivity contribution in [2.24, 2.45) is 4.99 Å². The van der Waals surface area contributed by atoms with Crippen LogP contribution in [0.1, 0.15) is 26.2 Å². The van der Waals surface area contributed by atoms with Gasteiger partial charge in [-0.3, -0.25) is 4.99 Å². The highest BCUT2D eigenvalue weighted by Crippen LogP contribution is 2.10. The van der Waals surface area contributed by atoms with E-state index in [1.54, 1.807) is 13.1 Å².